The largest absolute Gasteiger partial charge is 0.465 e. The second-order valence-electron chi connectivity index (χ2n) is 31.7. The van der Waals surface area contributed by atoms with E-state index < -0.39 is 38.0 Å². The van der Waals surface area contributed by atoms with E-state index in [4.69, 9.17) is 64.7 Å². The van der Waals surface area contributed by atoms with Gasteiger partial charge < -0.3 is 73.1 Å². The summed E-state index contributed by atoms with van der Waals surface area (Å²) < 4.78 is 16.2. The minimum absolute atomic E-state index is 0. The number of ketones is 1. The summed E-state index contributed by atoms with van der Waals surface area (Å²) in [6, 6.07) is 77.3. The number of carbonyl (C=O) groups is 9. The first-order valence-corrected chi connectivity index (χ1v) is 49.0. The summed E-state index contributed by atoms with van der Waals surface area (Å²) >= 11 is 15.1. The van der Waals surface area contributed by atoms with Gasteiger partial charge in [0.25, 0.3) is 11.8 Å². The van der Waals surface area contributed by atoms with E-state index in [2.05, 4.69) is 87.9 Å². The molecule has 0 aliphatic carbocycles. The third-order valence-corrected chi connectivity index (χ3v) is 26.9. The van der Waals surface area contributed by atoms with Crippen molar-refractivity contribution in [2.24, 2.45) is 5.90 Å². The maximum Gasteiger partial charge on any atom is 0.340 e. The second-order valence-corrected chi connectivity index (χ2v) is 37.4. The Morgan fingerprint density at radius 2 is 0.788 bits per heavy atom. The number of nitrogens with one attached hydrogen (secondary N) is 4. The van der Waals surface area contributed by atoms with E-state index in [1.807, 2.05) is 213 Å². The lowest BCUT2D eigenvalue weighted by Gasteiger charge is -2.36. The second kappa shape index (κ2) is 62.9. The summed E-state index contributed by atoms with van der Waals surface area (Å²) in [7, 11) is -0.224. The molecule has 0 aliphatic rings. The molecule has 0 spiro atoms. The lowest BCUT2D eigenvalue weighted by molar-refractivity contribution is -0.120. The van der Waals surface area contributed by atoms with Crippen LogP contribution in [0.4, 0.5) is 28.4 Å². The molecule has 0 atom stereocenters. The highest BCUT2D eigenvalue weighted by atomic mass is 35.5. The van der Waals surface area contributed by atoms with Crippen molar-refractivity contribution in [2.45, 2.75) is 127 Å². The minimum atomic E-state index is -1.58. The van der Waals surface area contributed by atoms with Crippen LogP contribution in [0.2, 0.25) is 18.1 Å². The normalized spacial score (nSPS) is 10.5. The first-order valence-electron chi connectivity index (χ1n) is 44.7. The fraction of sp³-hybridized carbons (Fsp3) is 0.317. The van der Waals surface area contributed by atoms with Gasteiger partial charge in [-0.15, -0.1) is 23.2 Å². The summed E-state index contributed by atoms with van der Waals surface area (Å²) in [4.78, 5) is 119. The Labute approximate surface area is 819 Å². The molecule has 13 rings (SSSR count). The van der Waals surface area contributed by atoms with Crippen LogP contribution in [0.5, 0.6) is 0 Å². The molecule has 0 fully saturated rings. The number of aliphatic hydroxyl groups is 2. The number of hydrogen-bond acceptors (Lipinski definition) is 19. The molecule has 6 amide bonds. The number of aromatic nitrogens is 4. The Morgan fingerprint density at radius 1 is 0.445 bits per heavy atom. The van der Waals surface area contributed by atoms with Crippen LogP contribution in [-0.2, 0) is 52.8 Å². The van der Waals surface area contributed by atoms with Crippen LogP contribution in [0.25, 0.3) is 43.6 Å². The number of para-hydroxylation sites is 8. The molecule has 0 saturated heterocycles. The highest BCUT2D eigenvalue weighted by Crippen LogP contribution is 2.37. The van der Waals surface area contributed by atoms with Gasteiger partial charge in [-0.2, -0.15) is 0 Å². The standard InChI is InChI=1S/C21H22N2O3.C20H21N3O3.C19H19N3O4.C14H25NOSi.C11H14ClNO.C10H9NO2.C6H15N.C2H2Cl2O.CH4.H3NO/c1-3-13-23(16-9-5-4-6-10-16)20(24)15-22-14-18(21(25)26-2)17-11-7-8-12-19(17)22;1-2-12-23(15-8-4-3-5-9-15)19(24)14-22-13-17(20(25)21-26)16-10-6-7-11-18(16)22;23-11-10-22(14-6-2-1-3-7-14)18(24)13-21-12-16(19(25)20-26)15-8-4-5-9-17(15)21;1-14(2,3)17(4,5)16-12-11-15-13-9-7-6-8-10-13;1-2-8-13(11(14)9-12)10-6-4-3-5-7-10;12-6-10(13)8-2-1-3-9-7(8)4-5-11-9;1-4-7(5-2)6-3;3-1-2(4)5;;1-2/h4-12,14H,3,13,15H2,1-2H3;3-11,13,26H,2,12,14H2,1H3,(H,21,25);1-9,12,23,26H,10-11,13H2,(H,20,25);6-10,15H,11-12H2,1-5H3;3-7H,2,8-9H2,1H3;1-5,11-12H,6H2;4-6H2,1-3H3;1H2;1H4;2H,1H2. The van der Waals surface area contributed by atoms with Crippen molar-refractivity contribution in [1.29, 1.82) is 0 Å². The molecule has 4 heterocycles. The number of methoxy groups -OCH3 is 1. The Bertz CT molecular complexity index is 5410. The van der Waals surface area contributed by atoms with E-state index in [1.54, 1.807) is 102 Å². The molecular weight excluding hydrogens is 1820 g/mol. The Kier molecular flexibility index (Phi) is 53.5. The van der Waals surface area contributed by atoms with E-state index in [1.165, 1.54) is 37.8 Å². The fourth-order valence-electron chi connectivity index (χ4n) is 13.8. The van der Waals surface area contributed by atoms with Gasteiger partial charge in [0.2, 0.25) is 28.9 Å². The maximum absolute atomic E-state index is 13.0. The lowest BCUT2D eigenvalue weighted by Crippen LogP contribution is -2.41. The van der Waals surface area contributed by atoms with Crippen LogP contribution in [0.1, 0.15) is 130 Å². The third kappa shape index (κ3) is 36.4. The van der Waals surface area contributed by atoms with Crippen LogP contribution in [0, 0.1) is 0 Å². The van der Waals surface area contributed by atoms with Crippen molar-refractivity contribution >= 4 is 168 Å². The van der Waals surface area contributed by atoms with Crippen molar-refractivity contribution in [3.63, 3.8) is 0 Å². The quantitative estimate of drug-likeness (QED) is 0.00267. The Hall–Kier alpha value is -12.7. The average molecular weight is 1960 g/mol. The number of amides is 6. The number of rotatable bonds is 33. The molecule has 33 heteroatoms. The summed E-state index contributed by atoms with van der Waals surface area (Å²) in [6.45, 7) is 31.1. The fourth-order valence-corrected chi connectivity index (χ4v) is 15.0. The molecule has 0 aliphatic heterocycles. The van der Waals surface area contributed by atoms with Crippen LogP contribution in [0.15, 0.2) is 274 Å². The summed E-state index contributed by atoms with van der Waals surface area (Å²) in [5, 5.41) is 48.6. The number of benzene rings is 9. The number of ether oxygens (including phenoxy) is 1. The summed E-state index contributed by atoms with van der Waals surface area (Å²) in [5.41, 5.74) is 12.7. The number of anilines is 5. The molecule has 29 nitrogen and oxygen atoms in total. The van der Waals surface area contributed by atoms with Crippen LogP contribution < -0.4 is 41.8 Å². The number of carbonyl (C=O) groups excluding carboxylic acids is 9. The highest BCUT2D eigenvalue weighted by Gasteiger charge is 2.37. The number of hydrogen-bond donors (Lipinski definition) is 10. The van der Waals surface area contributed by atoms with Gasteiger partial charge in [0.1, 0.15) is 32.1 Å². The predicted octanol–water partition coefficient (Wildman–Crippen LogP) is 19.3. The molecule has 11 N–H and O–H groups in total. The molecule has 9 aromatic carbocycles. The summed E-state index contributed by atoms with van der Waals surface area (Å²) in [5.74, 6) is 1.22. The summed E-state index contributed by atoms with van der Waals surface area (Å²) in [6.07, 6.45) is 9.24. The van der Waals surface area contributed by atoms with Crippen molar-refractivity contribution < 1.29 is 78.1 Å². The zero-order valence-electron chi connectivity index (χ0n) is 79.4. The predicted molar refractivity (Wildman–Crippen MR) is 555 cm³/mol. The van der Waals surface area contributed by atoms with E-state index in [9.17, 15) is 48.3 Å². The van der Waals surface area contributed by atoms with Gasteiger partial charge in [0.15, 0.2) is 14.1 Å². The number of Topliss-reactive ketones (excluding diaryl/α,β-unsaturated/α-hetero) is 1. The van der Waals surface area contributed by atoms with Crippen molar-refractivity contribution in [2.75, 3.05) is 116 Å². The maximum atomic E-state index is 13.0. The number of esters is 1. The molecule has 0 unspecified atom stereocenters. The number of nitrogens with two attached hydrogens (primary N) is 1. The number of fused-ring (bicyclic) bond motifs is 4. The number of alkyl halides is 2. The van der Waals surface area contributed by atoms with Crippen molar-refractivity contribution in [3.8, 4) is 0 Å². The van der Waals surface area contributed by atoms with Gasteiger partial charge >= 0.3 is 5.97 Å². The van der Waals surface area contributed by atoms with E-state index in [-0.39, 0.29) is 86.9 Å². The zero-order chi connectivity index (χ0) is 100. The van der Waals surface area contributed by atoms with Gasteiger partial charge in [-0.1, -0.05) is 227 Å². The van der Waals surface area contributed by atoms with Crippen molar-refractivity contribution in [3.05, 3.63) is 296 Å². The number of aromatic amines is 1. The molecule has 137 heavy (non-hydrogen) atoms. The highest BCUT2D eigenvalue weighted by molar-refractivity contribution is 6.74. The van der Waals surface area contributed by atoms with Crippen LogP contribution in [0.3, 0.4) is 0 Å². The molecule has 0 bridgehead atoms. The van der Waals surface area contributed by atoms with Gasteiger partial charge in [-0.05, 0) is 160 Å². The zero-order valence-corrected chi connectivity index (χ0v) is 82.7. The van der Waals surface area contributed by atoms with E-state index in [0.717, 1.165) is 89.0 Å². The average Bonchev–Trinajstić information content (AvgIpc) is 1.65. The number of hydroxylamine groups is 2. The van der Waals surface area contributed by atoms with Gasteiger partial charge in [0, 0.05) is 135 Å². The first-order chi connectivity index (χ1) is 65.5. The Balaban J connectivity index is 0.000000339. The smallest absolute Gasteiger partial charge is 0.340 e. The molecule has 4 aromatic heterocycles. The Morgan fingerprint density at radius 3 is 1.11 bits per heavy atom. The molecule has 0 saturated carbocycles. The minimum Gasteiger partial charge on any atom is -0.465 e. The molecule has 13 aromatic rings. The van der Waals surface area contributed by atoms with Gasteiger partial charge in [0.05, 0.1) is 42.9 Å². The molecule has 736 valence electrons. The third-order valence-electron chi connectivity index (χ3n) is 21.6. The van der Waals surface area contributed by atoms with Crippen LogP contribution >= 0.6 is 34.8 Å². The number of nitrogens with zero attached hydrogens (tertiary/aromatic N) is 8. The lowest BCUT2D eigenvalue weighted by atomic mass is 10.1. The van der Waals surface area contributed by atoms with E-state index in [0.29, 0.717) is 56.8 Å². The van der Waals surface area contributed by atoms with Crippen LogP contribution in [-0.4, -0.2) is 201 Å². The van der Waals surface area contributed by atoms with E-state index >= 15 is 0 Å². The monoisotopic (exact) mass is 1950 g/mol. The van der Waals surface area contributed by atoms with Gasteiger partial charge in [-0.25, -0.2) is 21.7 Å². The number of H-pyrrole nitrogens is 1. The molecular formula is C104H134Cl3N13O16Si. The SMILES string of the molecule is C.CC(C)(C)[Si](C)(C)OCCNc1ccccc1.CCCN(C(=O)CCl)c1ccccc1.CCCN(C(=O)Cn1cc(C(=O)NO)c2ccccc21)c1ccccc1.CCCN(C(=O)Cn1cc(C(=O)OC)c2ccccc21)c1ccccc1.CCN(CC)CC.NO.O=C(CO)c1cccc2[nH]ccc12.O=C(Cl)CCl.O=C(NO)c1cn(CC(=O)N(CCO)c2ccccc2)c2ccccc12. The first kappa shape index (κ1) is 117. The molecule has 0 radical (unpaired) electrons. The van der Waals surface area contributed by atoms with Crippen molar-refractivity contribution in [1.82, 2.24) is 34.5 Å². The topological polar surface area (TPSA) is 382 Å². The van der Waals surface area contributed by atoms with Gasteiger partial charge in [-0.3, -0.25) is 48.8 Å². The number of halogens is 3. The number of aliphatic hydroxyl groups excluding tert-OH is 2.